The zero-order valence-corrected chi connectivity index (χ0v) is 20.1. The van der Waals surface area contributed by atoms with E-state index < -0.39 is 0 Å². The Labute approximate surface area is 208 Å². The minimum Gasteiger partial charge on any atom is -0.491 e. The highest BCUT2D eigenvalue weighted by atomic mass is 16.5. The van der Waals surface area contributed by atoms with Gasteiger partial charge in [-0.3, -0.25) is 4.79 Å². The quantitative estimate of drug-likeness (QED) is 0.324. The molecule has 184 valence electrons. The smallest absolute Gasteiger partial charge is 0.258 e. The van der Waals surface area contributed by atoms with E-state index in [0.717, 1.165) is 29.9 Å². The van der Waals surface area contributed by atoms with Gasteiger partial charge >= 0.3 is 0 Å². The Kier molecular flexibility index (Phi) is 7.35. The average molecular weight is 486 g/mol. The van der Waals surface area contributed by atoms with Crippen molar-refractivity contribution in [3.8, 4) is 28.6 Å². The molecule has 0 fully saturated rings. The number of benzene rings is 2. The number of nitrogens with zero attached hydrogens (tertiary/aromatic N) is 3. The summed E-state index contributed by atoms with van der Waals surface area (Å²) in [5.41, 5.74) is 4.81. The first-order valence-electron chi connectivity index (χ1n) is 11.8. The Morgan fingerprint density at radius 2 is 1.83 bits per heavy atom. The van der Waals surface area contributed by atoms with E-state index in [-0.39, 0.29) is 5.56 Å². The summed E-state index contributed by atoms with van der Waals surface area (Å²) in [5.74, 6) is 1.58. The molecule has 0 unspecified atom stereocenters. The molecule has 1 aliphatic rings. The highest BCUT2D eigenvalue weighted by molar-refractivity contribution is 5.69. The minimum absolute atomic E-state index is 0.119. The predicted molar refractivity (Wildman–Crippen MR) is 136 cm³/mol. The SMILES string of the molecule is COCCOc1cccc(Cn2cc(-c3noc(-c4ccc(C5=CCOCC5)cc4)n3)ccc2=O)c1. The van der Waals surface area contributed by atoms with Gasteiger partial charge in [-0.15, -0.1) is 0 Å². The highest BCUT2D eigenvalue weighted by Crippen LogP contribution is 2.26. The Morgan fingerprint density at radius 3 is 2.64 bits per heavy atom. The van der Waals surface area contributed by atoms with Gasteiger partial charge in [0.1, 0.15) is 12.4 Å². The molecule has 4 aromatic rings. The molecule has 0 saturated carbocycles. The van der Waals surface area contributed by atoms with Gasteiger partial charge in [-0.05, 0) is 53.5 Å². The van der Waals surface area contributed by atoms with Crippen molar-refractivity contribution >= 4 is 5.57 Å². The normalized spacial score (nSPS) is 13.4. The largest absolute Gasteiger partial charge is 0.491 e. The first-order chi connectivity index (χ1) is 17.7. The van der Waals surface area contributed by atoms with Crippen molar-refractivity contribution in [2.24, 2.45) is 0 Å². The van der Waals surface area contributed by atoms with E-state index in [4.69, 9.17) is 18.7 Å². The molecule has 0 atom stereocenters. The second kappa shape index (κ2) is 11.2. The summed E-state index contributed by atoms with van der Waals surface area (Å²) < 4.78 is 23.2. The maximum absolute atomic E-state index is 12.5. The van der Waals surface area contributed by atoms with E-state index in [1.165, 1.54) is 17.2 Å². The Balaban J connectivity index is 1.32. The number of methoxy groups -OCH3 is 1. The van der Waals surface area contributed by atoms with E-state index in [9.17, 15) is 4.79 Å². The van der Waals surface area contributed by atoms with E-state index in [0.29, 0.717) is 43.6 Å². The molecule has 8 nitrogen and oxygen atoms in total. The van der Waals surface area contributed by atoms with Crippen molar-refractivity contribution in [2.45, 2.75) is 13.0 Å². The van der Waals surface area contributed by atoms with Crippen LogP contribution in [0.4, 0.5) is 0 Å². The highest BCUT2D eigenvalue weighted by Gasteiger charge is 2.13. The predicted octanol–water partition coefficient (Wildman–Crippen LogP) is 4.44. The first-order valence-corrected chi connectivity index (χ1v) is 11.8. The zero-order chi connectivity index (χ0) is 24.7. The molecule has 0 radical (unpaired) electrons. The summed E-state index contributed by atoms with van der Waals surface area (Å²) in [7, 11) is 1.63. The standard InChI is InChI=1S/C28H27N3O5/c1-33-15-16-35-25-4-2-3-20(17-25)18-31-19-24(9-10-26(31)32)27-29-28(36-30-27)23-7-5-21(6-8-23)22-11-13-34-14-12-22/h2-11,17,19H,12-16,18H2,1H3. The molecule has 1 aliphatic heterocycles. The van der Waals surface area contributed by atoms with Gasteiger partial charge in [0.25, 0.3) is 11.4 Å². The molecule has 0 aliphatic carbocycles. The fraction of sp³-hybridized carbons (Fsp3) is 0.250. The second-order valence-electron chi connectivity index (χ2n) is 8.43. The van der Waals surface area contributed by atoms with Gasteiger partial charge in [0.2, 0.25) is 5.82 Å². The number of hydrogen-bond donors (Lipinski definition) is 0. The van der Waals surface area contributed by atoms with E-state index in [1.807, 2.05) is 36.4 Å². The maximum Gasteiger partial charge on any atom is 0.258 e. The fourth-order valence-electron chi connectivity index (χ4n) is 4.03. The third-order valence-corrected chi connectivity index (χ3v) is 5.94. The van der Waals surface area contributed by atoms with Crippen LogP contribution in [0.15, 0.2) is 82.3 Å². The molecule has 2 aromatic carbocycles. The van der Waals surface area contributed by atoms with Crippen LogP contribution < -0.4 is 10.3 Å². The minimum atomic E-state index is -0.119. The Hall–Kier alpha value is -4.01. The van der Waals surface area contributed by atoms with Crippen LogP contribution in [0.25, 0.3) is 28.4 Å². The third-order valence-electron chi connectivity index (χ3n) is 5.94. The molecule has 2 aromatic heterocycles. The van der Waals surface area contributed by atoms with Gasteiger partial charge < -0.3 is 23.3 Å². The maximum atomic E-state index is 12.5. The van der Waals surface area contributed by atoms with Crippen LogP contribution in [0.2, 0.25) is 0 Å². The van der Waals surface area contributed by atoms with Crippen LogP contribution in [-0.4, -0.2) is 48.2 Å². The molecule has 3 heterocycles. The number of ether oxygens (including phenoxy) is 3. The number of aromatic nitrogens is 3. The van der Waals surface area contributed by atoms with Gasteiger partial charge in [-0.25, -0.2) is 0 Å². The third kappa shape index (κ3) is 5.62. The lowest BCUT2D eigenvalue weighted by Crippen LogP contribution is -2.19. The lowest BCUT2D eigenvalue weighted by molar-refractivity contribution is 0.146. The Bertz CT molecular complexity index is 1410. The summed E-state index contributed by atoms with van der Waals surface area (Å²) in [5, 5.41) is 4.15. The molecular formula is C28H27N3O5. The Morgan fingerprint density at radius 1 is 1.00 bits per heavy atom. The monoisotopic (exact) mass is 485 g/mol. The second-order valence-corrected chi connectivity index (χ2v) is 8.43. The van der Waals surface area contributed by atoms with Crippen LogP contribution >= 0.6 is 0 Å². The molecule has 36 heavy (non-hydrogen) atoms. The van der Waals surface area contributed by atoms with Gasteiger partial charge in [-0.2, -0.15) is 4.98 Å². The van der Waals surface area contributed by atoms with Crippen LogP contribution in [0.3, 0.4) is 0 Å². The van der Waals surface area contributed by atoms with Gasteiger partial charge in [0.15, 0.2) is 0 Å². The van der Waals surface area contributed by atoms with Crippen molar-refractivity contribution in [2.75, 3.05) is 33.5 Å². The van der Waals surface area contributed by atoms with Crippen LogP contribution in [-0.2, 0) is 16.0 Å². The van der Waals surface area contributed by atoms with Crippen molar-refractivity contribution in [1.82, 2.24) is 14.7 Å². The van der Waals surface area contributed by atoms with Crippen molar-refractivity contribution in [1.29, 1.82) is 0 Å². The zero-order valence-electron chi connectivity index (χ0n) is 20.1. The molecule has 0 N–H and O–H groups in total. The molecule has 5 rings (SSSR count). The number of pyridine rings is 1. The first kappa shape index (κ1) is 23.7. The van der Waals surface area contributed by atoms with Gasteiger partial charge in [0.05, 0.1) is 26.4 Å². The summed E-state index contributed by atoms with van der Waals surface area (Å²) >= 11 is 0. The molecule has 0 amide bonds. The number of rotatable bonds is 9. The van der Waals surface area contributed by atoms with Crippen LogP contribution in [0, 0.1) is 0 Å². The molecular weight excluding hydrogens is 458 g/mol. The number of hydrogen-bond acceptors (Lipinski definition) is 7. The van der Waals surface area contributed by atoms with Gasteiger partial charge in [0, 0.05) is 30.5 Å². The molecule has 0 saturated heterocycles. The average Bonchev–Trinajstić information content (AvgIpc) is 3.41. The van der Waals surface area contributed by atoms with Crippen molar-refractivity contribution in [3.63, 3.8) is 0 Å². The van der Waals surface area contributed by atoms with E-state index in [2.05, 4.69) is 28.3 Å². The van der Waals surface area contributed by atoms with Crippen molar-refractivity contribution < 1.29 is 18.7 Å². The summed E-state index contributed by atoms with van der Waals surface area (Å²) in [4.78, 5) is 17.1. The van der Waals surface area contributed by atoms with E-state index >= 15 is 0 Å². The summed E-state index contributed by atoms with van der Waals surface area (Å²) in [6, 6.07) is 19.0. The molecule has 0 spiro atoms. The summed E-state index contributed by atoms with van der Waals surface area (Å²) in [6.45, 7) is 2.76. The lowest BCUT2D eigenvalue weighted by Gasteiger charge is -2.13. The fourth-order valence-corrected chi connectivity index (χ4v) is 4.03. The lowest BCUT2D eigenvalue weighted by atomic mass is 10.0. The van der Waals surface area contributed by atoms with Gasteiger partial charge in [-0.1, -0.05) is 35.5 Å². The summed E-state index contributed by atoms with van der Waals surface area (Å²) in [6.07, 6.45) is 4.77. The van der Waals surface area contributed by atoms with Crippen molar-refractivity contribution in [3.05, 3.63) is 94.4 Å². The molecule has 8 heteroatoms. The van der Waals surface area contributed by atoms with Crippen LogP contribution in [0.5, 0.6) is 5.75 Å². The van der Waals surface area contributed by atoms with E-state index in [1.54, 1.807) is 23.9 Å². The topological polar surface area (TPSA) is 88.6 Å². The molecule has 0 bridgehead atoms. The van der Waals surface area contributed by atoms with Crippen LogP contribution in [0.1, 0.15) is 17.5 Å².